The number of hydrogen-bond donors (Lipinski definition) is 2. The molecule has 2 heterocycles. The van der Waals surface area contributed by atoms with Crippen LogP contribution in [0.25, 0.3) is 0 Å². The quantitative estimate of drug-likeness (QED) is 0.848. The van der Waals surface area contributed by atoms with Crippen molar-refractivity contribution in [3.05, 3.63) is 17.3 Å². The summed E-state index contributed by atoms with van der Waals surface area (Å²) in [5.74, 6) is 0.782. The van der Waals surface area contributed by atoms with Crippen LogP contribution in [0.4, 0.5) is 11.5 Å². The number of halogens is 1. The second-order valence-corrected chi connectivity index (χ2v) is 4.88. The maximum atomic E-state index is 11.7. The SMILES string of the molecule is CNC(=O)C1CCCN(c2ncc(N)cc2Cl)C1. The van der Waals surface area contributed by atoms with Gasteiger partial charge in [0, 0.05) is 20.1 Å². The molecule has 98 valence electrons. The molecule has 1 unspecified atom stereocenters. The Morgan fingerprint density at radius 2 is 2.44 bits per heavy atom. The van der Waals surface area contributed by atoms with E-state index in [-0.39, 0.29) is 11.8 Å². The molecule has 0 spiro atoms. The van der Waals surface area contributed by atoms with Crippen molar-refractivity contribution in [1.82, 2.24) is 10.3 Å². The fourth-order valence-electron chi connectivity index (χ4n) is 2.27. The molecule has 0 bridgehead atoms. The first kappa shape index (κ1) is 13.0. The van der Waals surface area contributed by atoms with Gasteiger partial charge >= 0.3 is 0 Å². The summed E-state index contributed by atoms with van der Waals surface area (Å²) in [6.07, 6.45) is 3.45. The van der Waals surface area contributed by atoms with Gasteiger partial charge in [0.15, 0.2) is 0 Å². The molecule has 1 fully saturated rings. The zero-order valence-electron chi connectivity index (χ0n) is 10.3. The molecule has 1 aliphatic heterocycles. The third kappa shape index (κ3) is 2.67. The predicted octanol–water partition coefficient (Wildman–Crippen LogP) is 1.28. The Morgan fingerprint density at radius 3 is 3.11 bits per heavy atom. The highest BCUT2D eigenvalue weighted by atomic mass is 35.5. The summed E-state index contributed by atoms with van der Waals surface area (Å²) >= 11 is 6.14. The van der Waals surface area contributed by atoms with Crippen LogP contribution in [-0.2, 0) is 4.79 Å². The highest BCUT2D eigenvalue weighted by Crippen LogP contribution is 2.28. The van der Waals surface area contributed by atoms with Gasteiger partial charge in [0.05, 0.1) is 22.8 Å². The summed E-state index contributed by atoms with van der Waals surface area (Å²) in [6, 6.07) is 1.69. The smallest absolute Gasteiger partial charge is 0.224 e. The number of nitrogens with two attached hydrogens (primary N) is 1. The summed E-state index contributed by atoms with van der Waals surface area (Å²) in [7, 11) is 1.66. The van der Waals surface area contributed by atoms with Crippen molar-refractivity contribution in [3.63, 3.8) is 0 Å². The van der Waals surface area contributed by atoms with Gasteiger partial charge in [-0.05, 0) is 18.9 Å². The minimum atomic E-state index is -0.000769. The molecule has 1 atom stereocenters. The standard InChI is InChI=1S/C12H17ClN4O/c1-15-12(18)8-3-2-4-17(7-8)11-10(13)5-9(14)6-16-11/h5-6,8H,2-4,7,14H2,1H3,(H,15,18). The molecule has 1 aromatic heterocycles. The lowest BCUT2D eigenvalue weighted by Gasteiger charge is -2.33. The molecule has 0 aliphatic carbocycles. The molecule has 3 N–H and O–H groups in total. The average molecular weight is 269 g/mol. The predicted molar refractivity (Wildman–Crippen MR) is 72.7 cm³/mol. The summed E-state index contributed by atoms with van der Waals surface area (Å²) in [5.41, 5.74) is 6.17. The number of anilines is 2. The number of rotatable bonds is 2. The van der Waals surface area contributed by atoms with Crippen LogP contribution in [0.1, 0.15) is 12.8 Å². The Hall–Kier alpha value is -1.49. The highest BCUT2D eigenvalue weighted by Gasteiger charge is 2.26. The lowest BCUT2D eigenvalue weighted by atomic mass is 9.97. The molecule has 2 rings (SSSR count). The molecule has 0 saturated carbocycles. The number of nitrogens with one attached hydrogen (secondary N) is 1. The Labute approximate surface area is 111 Å². The average Bonchev–Trinajstić information content (AvgIpc) is 2.38. The lowest BCUT2D eigenvalue weighted by Crippen LogP contribution is -2.42. The fraction of sp³-hybridized carbons (Fsp3) is 0.500. The number of pyridine rings is 1. The van der Waals surface area contributed by atoms with Gasteiger partial charge in [-0.15, -0.1) is 0 Å². The van der Waals surface area contributed by atoms with E-state index in [4.69, 9.17) is 17.3 Å². The van der Waals surface area contributed by atoms with Gasteiger partial charge in [0.25, 0.3) is 0 Å². The maximum absolute atomic E-state index is 11.7. The monoisotopic (exact) mass is 268 g/mol. The second kappa shape index (κ2) is 5.44. The van der Waals surface area contributed by atoms with Crippen LogP contribution in [0.15, 0.2) is 12.3 Å². The molecule has 5 nitrogen and oxygen atoms in total. The Balaban J connectivity index is 2.15. The number of carbonyl (C=O) groups is 1. The van der Waals surface area contributed by atoms with Crippen LogP contribution in [0.5, 0.6) is 0 Å². The van der Waals surface area contributed by atoms with Crippen molar-refractivity contribution in [2.24, 2.45) is 5.92 Å². The zero-order valence-corrected chi connectivity index (χ0v) is 11.1. The first-order chi connectivity index (χ1) is 8.61. The Bertz CT molecular complexity index is 452. The van der Waals surface area contributed by atoms with Gasteiger partial charge in [-0.25, -0.2) is 4.98 Å². The molecule has 0 aromatic carbocycles. The summed E-state index contributed by atoms with van der Waals surface area (Å²) in [5, 5.41) is 3.23. The third-order valence-electron chi connectivity index (χ3n) is 3.18. The van der Waals surface area contributed by atoms with E-state index < -0.39 is 0 Å². The van der Waals surface area contributed by atoms with Crippen LogP contribution >= 0.6 is 11.6 Å². The first-order valence-electron chi connectivity index (χ1n) is 5.99. The van der Waals surface area contributed by atoms with Crippen LogP contribution in [0, 0.1) is 5.92 Å². The van der Waals surface area contributed by atoms with Gasteiger partial charge in [-0.2, -0.15) is 0 Å². The third-order valence-corrected chi connectivity index (χ3v) is 3.46. The number of nitrogen functional groups attached to an aromatic ring is 1. The number of carbonyl (C=O) groups excluding carboxylic acids is 1. The van der Waals surface area contributed by atoms with E-state index >= 15 is 0 Å². The number of aromatic nitrogens is 1. The van der Waals surface area contributed by atoms with Crippen LogP contribution in [0.3, 0.4) is 0 Å². The fourth-order valence-corrected chi connectivity index (χ4v) is 2.56. The topological polar surface area (TPSA) is 71.2 Å². The van der Waals surface area contributed by atoms with Crippen molar-refractivity contribution in [3.8, 4) is 0 Å². The van der Waals surface area contributed by atoms with Gasteiger partial charge in [0.2, 0.25) is 5.91 Å². The van der Waals surface area contributed by atoms with Gasteiger partial charge in [-0.1, -0.05) is 11.6 Å². The minimum absolute atomic E-state index is 0.000769. The zero-order chi connectivity index (χ0) is 13.1. The van der Waals surface area contributed by atoms with E-state index in [2.05, 4.69) is 10.3 Å². The maximum Gasteiger partial charge on any atom is 0.224 e. The van der Waals surface area contributed by atoms with Crippen molar-refractivity contribution >= 4 is 29.0 Å². The minimum Gasteiger partial charge on any atom is -0.397 e. The molecule has 1 amide bonds. The molecule has 1 aliphatic rings. The Morgan fingerprint density at radius 1 is 1.67 bits per heavy atom. The van der Waals surface area contributed by atoms with Crippen molar-refractivity contribution in [2.45, 2.75) is 12.8 Å². The van der Waals surface area contributed by atoms with E-state index in [1.165, 1.54) is 0 Å². The number of piperidine rings is 1. The molecule has 0 radical (unpaired) electrons. The Kier molecular flexibility index (Phi) is 3.91. The van der Waals surface area contributed by atoms with E-state index in [1.54, 1.807) is 19.3 Å². The molecule has 1 saturated heterocycles. The normalized spacial score (nSPS) is 19.7. The molecule has 18 heavy (non-hydrogen) atoms. The lowest BCUT2D eigenvalue weighted by molar-refractivity contribution is -0.124. The van der Waals surface area contributed by atoms with Crippen LogP contribution < -0.4 is 16.0 Å². The van der Waals surface area contributed by atoms with Crippen LogP contribution in [-0.4, -0.2) is 31.0 Å². The number of amides is 1. The van der Waals surface area contributed by atoms with Gasteiger partial charge in [0.1, 0.15) is 5.82 Å². The molecular weight excluding hydrogens is 252 g/mol. The van der Waals surface area contributed by atoms with Gasteiger partial charge < -0.3 is 16.0 Å². The largest absolute Gasteiger partial charge is 0.397 e. The van der Waals surface area contributed by atoms with E-state index in [0.29, 0.717) is 23.1 Å². The van der Waals surface area contributed by atoms with Crippen molar-refractivity contribution in [1.29, 1.82) is 0 Å². The van der Waals surface area contributed by atoms with E-state index in [1.807, 2.05) is 4.90 Å². The molecular formula is C12H17ClN4O. The van der Waals surface area contributed by atoms with Crippen molar-refractivity contribution < 1.29 is 4.79 Å². The highest BCUT2D eigenvalue weighted by molar-refractivity contribution is 6.33. The molecule has 6 heteroatoms. The summed E-state index contributed by atoms with van der Waals surface area (Å²) in [4.78, 5) is 18.0. The van der Waals surface area contributed by atoms with E-state index in [0.717, 1.165) is 19.4 Å². The summed E-state index contributed by atoms with van der Waals surface area (Å²) < 4.78 is 0. The van der Waals surface area contributed by atoms with Crippen molar-refractivity contribution in [2.75, 3.05) is 30.8 Å². The number of hydrogen-bond acceptors (Lipinski definition) is 4. The number of nitrogens with zero attached hydrogens (tertiary/aromatic N) is 2. The van der Waals surface area contributed by atoms with Gasteiger partial charge in [-0.3, -0.25) is 4.79 Å². The second-order valence-electron chi connectivity index (χ2n) is 4.47. The first-order valence-corrected chi connectivity index (χ1v) is 6.37. The van der Waals surface area contributed by atoms with Crippen LogP contribution in [0.2, 0.25) is 5.02 Å². The van der Waals surface area contributed by atoms with E-state index in [9.17, 15) is 4.79 Å². The molecule has 1 aromatic rings. The summed E-state index contributed by atoms with van der Waals surface area (Å²) in [6.45, 7) is 1.51.